The number of hydrogen-bond acceptors (Lipinski definition) is 3. The van der Waals surface area contributed by atoms with Crippen LogP contribution in [0.4, 0.5) is 0 Å². The van der Waals surface area contributed by atoms with Gasteiger partial charge in [-0.25, -0.2) is 0 Å². The van der Waals surface area contributed by atoms with Crippen molar-refractivity contribution in [2.45, 2.75) is 57.4 Å². The smallest absolute Gasteiger partial charge is 0.326 e. The van der Waals surface area contributed by atoms with Crippen molar-refractivity contribution >= 4 is 5.97 Å². The van der Waals surface area contributed by atoms with Gasteiger partial charge in [-0.2, -0.15) is 0 Å². The summed E-state index contributed by atoms with van der Waals surface area (Å²) in [6.07, 6.45) is 8.80. The van der Waals surface area contributed by atoms with Gasteiger partial charge in [0.15, 0.2) is 0 Å². The number of nitrogens with two attached hydrogens (primary N) is 1. The quantitative estimate of drug-likeness (QED) is 0.749. The van der Waals surface area contributed by atoms with E-state index in [1.807, 2.05) is 6.92 Å². The summed E-state index contributed by atoms with van der Waals surface area (Å²) in [5.74, 6) is 1.29. The van der Waals surface area contributed by atoms with Crippen LogP contribution in [0, 0.1) is 17.3 Å². The van der Waals surface area contributed by atoms with E-state index in [1.165, 1.54) is 38.5 Å². The summed E-state index contributed by atoms with van der Waals surface area (Å²) in [4.78, 5) is 12.0. The number of hydrogen-bond donors (Lipinski definition) is 1. The monoisotopic (exact) mass is 237 g/mol. The molecule has 3 heteroatoms. The maximum atomic E-state index is 12.0. The van der Waals surface area contributed by atoms with Crippen molar-refractivity contribution in [3.05, 3.63) is 0 Å². The SMILES string of the molecule is CCOC(=O)C1(N)CC12C1CCCCCCC12. The third kappa shape index (κ3) is 1.41. The summed E-state index contributed by atoms with van der Waals surface area (Å²) in [5, 5.41) is 0. The molecule has 0 radical (unpaired) electrons. The van der Waals surface area contributed by atoms with Gasteiger partial charge in [-0.1, -0.05) is 25.7 Å². The van der Waals surface area contributed by atoms with Crippen LogP contribution in [-0.2, 0) is 9.53 Å². The molecule has 3 nitrogen and oxygen atoms in total. The Morgan fingerprint density at radius 3 is 2.35 bits per heavy atom. The first-order valence-corrected chi connectivity index (χ1v) is 7.13. The van der Waals surface area contributed by atoms with E-state index >= 15 is 0 Å². The average molecular weight is 237 g/mol. The van der Waals surface area contributed by atoms with Crippen molar-refractivity contribution in [2.24, 2.45) is 23.0 Å². The number of carbonyl (C=O) groups is 1. The molecule has 0 amide bonds. The first-order chi connectivity index (χ1) is 8.17. The molecule has 0 aromatic heterocycles. The minimum Gasteiger partial charge on any atom is -0.465 e. The summed E-state index contributed by atoms with van der Waals surface area (Å²) in [6.45, 7) is 2.30. The van der Waals surface area contributed by atoms with E-state index in [4.69, 9.17) is 10.5 Å². The third-order valence-electron chi connectivity index (χ3n) is 5.40. The molecule has 1 spiro atoms. The summed E-state index contributed by atoms with van der Waals surface area (Å²) >= 11 is 0. The molecule has 2 N–H and O–H groups in total. The Labute approximate surface area is 103 Å². The molecule has 3 aliphatic carbocycles. The van der Waals surface area contributed by atoms with Crippen LogP contribution < -0.4 is 5.73 Å². The van der Waals surface area contributed by atoms with E-state index < -0.39 is 5.54 Å². The van der Waals surface area contributed by atoms with Gasteiger partial charge in [0.05, 0.1) is 6.61 Å². The molecule has 96 valence electrons. The molecular weight excluding hydrogens is 214 g/mol. The number of ether oxygens (including phenoxy) is 1. The zero-order valence-corrected chi connectivity index (χ0v) is 10.7. The lowest BCUT2D eigenvalue weighted by atomic mass is 10.0. The first kappa shape index (κ1) is 11.5. The molecule has 3 saturated carbocycles. The summed E-state index contributed by atoms with van der Waals surface area (Å²) < 4.78 is 5.15. The highest BCUT2D eigenvalue weighted by Crippen LogP contribution is 2.82. The lowest BCUT2D eigenvalue weighted by Crippen LogP contribution is -2.38. The Balaban J connectivity index is 1.72. The highest BCUT2D eigenvalue weighted by atomic mass is 16.5. The van der Waals surface area contributed by atoms with Crippen LogP contribution in [0.1, 0.15) is 51.9 Å². The second kappa shape index (κ2) is 3.71. The number of esters is 1. The van der Waals surface area contributed by atoms with Crippen LogP contribution in [0.15, 0.2) is 0 Å². The molecule has 0 aromatic carbocycles. The van der Waals surface area contributed by atoms with Crippen LogP contribution in [0.3, 0.4) is 0 Å². The predicted octanol–water partition coefficient (Wildman–Crippen LogP) is 2.24. The van der Waals surface area contributed by atoms with E-state index in [9.17, 15) is 4.79 Å². The second-order valence-electron chi connectivity index (χ2n) is 6.11. The Morgan fingerprint density at radius 2 is 1.82 bits per heavy atom. The van der Waals surface area contributed by atoms with Gasteiger partial charge in [0.25, 0.3) is 0 Å². The van der Waals surface area contributed by atoms with Gasteiger partial charge < -0.3 is 10.5 Å². The third-order valence-corrected chi connectivity index (χ3v) is 5.40. The van der Waals surface area contributed by atoms with Gasteiger partial charge in [-0.15, -0.1) is 0 Å². The first-order valence-electron chi connectivity index (χ1n) is 7.13. The van der Waals surface area contributed by atoms with Crippen molar-refractivity contribution < 1.29 is 9.53 Å². The average Bonchev–Trinajstić information content (AvgIpc) is 3.04. The summed E-state index contributed by atoms with van der Waals surface area (Å²) in [5.41, 5.74) is 5.84. The van der Waals surface area contributed by atoms with Gasteiger partial charge >= 0.3 is 5.97 Å². The Kier molecular flexibility index (Phi) is 2.51. The van der Waals surface area contributed by atoms with E-state index in [0.29, 0.717) is 6.61 Å². The van der Waals surface area contributed by atoms with Gasteiger partial charge in [-0.05, 0) is 38.0 Å². The summed E-state index contributed by atoms with van der Waals surface area (Å²) in [7, 11) is 0. The lowest BCUT2D eigenvalue weighted by Gasteiger charge is -2.10. The maximum absolute atomic E-state index is 12.0. The predicted molar refractivity (Wildman–Crippen MR) is 65.3 cm³/mol. The fraction of sp³-hybridized carbons (Fsp3) is 0.929. The maximum Gasteiger partial charge on any atom is 0.326 e. The zero-order valence-electron chi connectivity index (χ0n) is 10.7. The van der Waals surface area contributed by atoms with Crippen LogP contribution in [0.5, 0.6) is 0 Å². The van der Waals surface area contributed by atoms with Gasteiger partial charge in [0.2, 0.25) is 0 Å². The van der Waals surface area contributed by atoms with Gasteiger partial charge in [0, 0.05) is 5.41 Å². The molecule has 0 aromatic rings. The zero-order chi connectivity index (χ0) is 12.1. The minimum atomic E-state index is -0.622. The minimum absolute atomic E-state index is 0.147. The van der Waals surface area contributed by atoms with E-state index in [2.05, 4.69) is 0 Å². The lowest BCUT2D eigenvalue weighted by molar-refractivity contribution is -0.146. The van der Waals surface area contributed by atoms with Crippen LogP contribution >= 0.6 is 0 Å². The number of fused-ring (bicyclic) bond motifs is 3. The molecule has 0 heterocycles. The molecule has 0 aliphatic heterocycles. The topological polar surface area (TPSA) is 52.3 Å². The Morgan fingerprint density at radius 1 is 1.24 bits per heavy atom. The molecule has 3 rings (SSSR count). The van der Waals surface area contributed by atoms with Crippen molar-refractivity contribution in [3.8, 4) is 0 Å². The molecule has 3 fully saturated rings. The van der Waals surface area contributed by atoms with Crippen molar-refractivity contribution in [1.29, 1.82) is 0 Å². The largest absolute Gasteiger partial charge is 0.465 e. The molecule has 3 unspecified atom stereocenters. The second-order valence-corrected chi connectivity index (χ2v) is 6.11. The number of carbonyl (C=O) groups excluding carboxylic acids is 1. The Bertz CT molecular complexity index is 327. The standard InChI is InChI=1S/C14H23NO2/c1-2-17-12(16)14(15)9-13(14)10-7-5-3-4-6-8-11(10)13/h10-11H,2-9,15H2,1H3. The fourth-order valence-electron chi connectivity index (χ4n) is 4.47. The highest BCUT2D eigenvalue weighted by Gasteiger charge is 2.86. The highest BCUT2D eigenvalue weighted by molar-refractivity contribution is 5.88. The van der Waals surface area contributed by atoms with Gasteiger partial charge in [-0.3, -0.25) is 4.79 Å². The van der Waals surface area contributed by atoms with E-state index in [0.717, 1.165) is 18.3 Å². The van der Waals surface area contributed by atoms with Crippen molar-refractivity contribution in [3.63, 3.8) is 0 Å². The Hall–Kier alpha value is -0.570. The van der Waals surface area contributed by atoms with Crippen LogP contribution in [0.25, 0.3) is 0 Å². The molecule has 17 heavy (non-hydrogen) atoms. The number of rotatable bonds is 2. The molecule has 0 saturated heterocycles. The summed E-state index contributed by atoms with van der Waals surface area (Å²) in [6, 6.07) is 0. The van der Waals surface area contributed by atoms with Gasteiger partial charge in [0.1, 0.15) is 5.54 Å². The molecular formula is C14H23NO2. The normalized spacial score (nSPS) is 47.9. The van der Waals surface area contributed by atoms with Crippen LogP contribution in [-0.4, -0.2) is 18.1 Å². The molecule has 3 atom stereocenters. The molecule has 3 aliphatic rings. The van der Waals surface area contributed by atoms with Crippen molar-refractivity contribution in [2.75, 3.05) is 6.61 Å². The van der Waals surface area contributed by atoms with Crippen molar-refractivity contribution in [1.82, 2.24) is 0 Å². The van der Waals surface area contributed by atoms with E-state index in [1.54, 1.807) is 0 Å². The van der Waals surface area contributed by atoms with Crippen LogP contribution in [0.2, 0.25) is 0 Å². The fourth-order valence-corrected chi connectivity index (χ4v) is 4.47. The van der Waals surface area contributed by atoms with E-state index in [-0.39, 0.29) is 11.4 Å². The molecule has 0 bridgehead atoms.